The summed E-state index contributed by atoms with van der Waals surface area (Å²) in [5, 5.41) is 21.8. The maximum absolute atomic E-state index is 9.74. The lowest BCUT2D eigenvalue weighted by Gasteiger charge is -2.23. The maximum atomic E-state index is 9.74. The van der Waals surface area contributed by atoms with E-state index in [1.54, 1.807) is 0 Å². The summed E-state index contributed by atoms with van der Waals surface area (Å²) >= 11 is 0. The molecule has 1 atom stereocenters. The van der Waals surface area contributed by atoms with Crippen molar-refractivity contribution >= 4 is 10.9 Å². The van der Waals surface area contributed by atoms with Gasteiger partial charge in [0.25, 0.3) is 0 Å². The molecule has 8 heteroatoms. The Morgan fingerprint density at radius 2 is 1.44 bits per heavy atom. The largest absolute Gasteiger partial charge is 0.396 e. The van der Waals surface area contributed by atoms with Crippen molar-refractivity contribution in [1.29, 1.82) is 0 Å². The number of pyridine rings is 2. The minimum Gasteiger partial charge on any atom is -0.396 e. The molecule has 0 amide bonds. The van der Waals surface area contributed by atoms with E-state index in [2.05, 4.69) is 104 Å². The molecule has 3 aromatic heterocycles. The Labute approximate surface area is 267 Å². The van der Waals surface area contributed by atoms with Crippen LogP contribution in [0.25, 0.3) is 10.9 Å². The number of aryl methyl sites for hydroxylation is 1. The molecule has 5 aromatic rings. The molecule has 0 aliphatic heterocycles. The number of H-pyrrole nitrogens is 1. The van der Waals surface area contributed by atoms with E-state index in [9.17, 15) is 5.11 Å². The van der Waals surface area contributed by atoms with Gasteiger partial charge in [-0.25, -0.2) is 0 Å². The smallest absolute Gasteiger partial charge is 0.0541 e. The lowest BCUT2D eigenvalue weighted by atomic mass is 10.0. The molecule has 0 aliphatic rings. The number of nitrogens with zero attached hydrogens (tertiary/aromatic N) is 3. The molecular formula is C37H47N7O. The molecule has 0 aliphatic carbocycles. The summed E-state index contributed by atoms with van der Waals surface area (Å²) in [5.41, 5.74) is 8.41. The molecule has 0 radical (unpaired) electrons. The normalized spacial score (nSPS) is 12.2. The summed E-state index contributed by atoms with van der Waals surface area (Å²) in [6.45, 7) is 9.16. The topological polar surface area (TPSA) is 101 Å². The molecule has 5 rings (SSSR count). The zero-order valence-corrected chi connectivity index (χ0v) is 26.4. The predicted octanol–water partition coefficient (Wildman–Crippen LogP) is 4.73. The van der Waals surface area contributed by atoms with Gasteiger partial charge in [0.2, 0.25) is 0 Å². The van der Waals surface area contributed by atoms with Gasteiger partial charge in [0.1, 0.15) is 0 Å². The van der Waals surface area contributed by atoms with E-state index in [0.29, 0.717) is 6.42 Å². The van der Waals surface area contributed by atoms with Crippen molar-refractivity contribution in [3.05, 3.63) is 131 Å². The van der Waals surface area contributed by atoms with E-state index < -0.39 is 0 Å². The molecule has 0 saturated heterocycles. The number of hydrogen-bond donors (Lipinski definition) is 5. The Balaban J connectivity index is 1.12. The monoisotopic (exact) mass is 605 g/mol. The van der Waals surface area contributed by atoms with Gasteiger partial charge in [0.05, 0.1) is 11.4 Å². The fourth-order valence-electron chi connectivity index (χ4n) is 5.70. The van der Waals surface area contributed by atoms with E-state index in [-0.39, 0.29) is 12.6 Å². The third kappa shape index (κ3) is 10.3. The minimum atomic E-state index is 0.168. The lowest BCUT2D eigenvalue weighted by molar-refractivity contribution is 0.263. The molecule has 0 saturated carbocycles. The Hall–Kier alpha value is -3.92. The maximum Gasteiger partial charge on any atom is 0.0541 e. The van der Waals surface area contributed by atoms with Crippen molar-refractivity contribution in [3.63, 3.8) is 0 Å². The molecule has 8 nitrogen and oxygen atoms in total. The van der Waals surface area contributed by atoms with Gasteiger partial charge in [-0.1, -0.05) is 54.6 Å². The van der Waals surface area contributed by atoms with Crippen molar-refractivity contribution < 1.29 is 5.11 Å². The van der Waals surface area contributed by atoms with Crippen molar-refractivity contribution in [2.45, 2.75) is 52.0 Å². The number of aliphatic hydroxyl groups is 1. The molecule has 236 valence electrons. The number of fused-ring (bicyclic) bond motifs is 1. The first-order valence-corrected chi connectivity index (χ1v) is 16.1. The average molecular weight is 606 g/mol. The number of rotatable bonds is 19. The lowest BCUT2D eigenvalue weighted by Crippen LogP contribution is -2.36. The number of para-hydroxylation sites is 1. The number of hydrogen-bond acceptors (Lipinski definition) is 7. The Morgan fingerprint density at radius 3 is 2.07 bits per heavy atom. The van der Waals surface area contributed by atoms with Crippen LogP contribution in [0.5, 0.6) is 0 Å². The first-order valence-electron chi connectivity index (χ1n) is 16.1. The zero-order chi connectivity index (χ0) is 31.1. The molecule has 5 N–H and O–H groups in total. The van der Waals surface area contributed by atoms with Crippen molar-refractivity contribution in [1.82, 2.24) is 35.8 Å². The van der Waals surface area contributed by atoms with Crippen LogP contribution in [0.4, 0.5) is 0 Å². The van der Waals surface area contributed by atoms with Crippen LogP contribution in [0.3, 0.4) is 0 Å². The van der Waals surface area contributed by atoms with Crippen LogP contribution in [0.1, 0.15) is 40.1 Å². The molecule has 45 heavy (non-hydrogen) atoms. The fraction of sp³-hybridized carbons (Fsp3) is 0.351. The third-order valence-corrected chi connectivity index (χ3v) is 8.25. The van der Waals surface area contributed by atoms with Crippen molar-refractivity contribution in [2.24, 2.45) is 0 Å². The van der Waals surface area contributed by atoms with Gasteiger partial charge in [-0.3, -0.25) is 14.9 Å². The second kappa shape index (κ2) is 17.5. The fourth-order valence-corrected chi connectivity index (χ4v) is 5.70. The molecule has 2 aromatic carbocycles. The number of nitrogens with one attached hydrogen (secondary N) is 4. The van der Waals surface area contributed by atoms with Gasteiger partial charge in [0, 0.05) is 94.5 Å². The van der Waals surface area contributed by atoms with Crippen molar-refractivity contribution in [3.8, 4) is 0 Å². The Kier molecular flexibility index (Phi) is 12.7. The van der Waals surface area contributed by atoms with Crippen LogP contribution in [0.15, 0.2) is 97.5 Å². The van der Waals surface area contributed by atoms with Crippen LogP contribution in [0, 0.1) is 6.92 Å². The van der Waals surface area contributed by atoms with Gasteiger partial charge in [-0.2, -0.15) is 0 Å². The standard InChI is InChI=1S/C37H47N7O/c1-29-7-6-10-36-32(25-43-37(29)36)23-33(15-22-45)42-24-30-11-13-31(14-12-30)28-44(20-18-38-26-34-8-2-4-16-40-34)21-19-39-27-35-9-3-5-17-41-35/h2-14,16-17,25,33,38-39,42-43,45H,15,18-24,26-28H2,1H3. The van der Waals surface area contributed by atoms with Crippen molar-refractivity contribution in [2.75, 3.05) is 32.8 Å². The highest BCUT2D eigenvalue weighted by molar-refractivity contribution is 5.85. The first kappa shape index (κ1) is 32.5. The summed E-state index contributed by atoms with van der Waals surface area (Å²) in [4.78, 5) is 14.8. The van der Waals surface area contributed by atoms with Crippen LogP contribution in [-0.2, 0) is 32.6 Å². The number of benzene rings is 2. The third-order valence-electron chi connectivity index (χ3n) is 8.25. The van der Waals surface area contributed by atoms with Gasteiger partial charge < -0.3 is 26.0 Å². The van der Waals surface area contributed by atoms with E-state index in [4.69, 9.17) is 0 Å². The number of aromatic nitrogens is 3. The zero-order valence-electron chi connectivity index (χ0n) is 26.4. The van der Waals surface area contributed by atoms with Crippen LogP contribution < -0.4 is 16.0 Å². The highest BCUT2D eigenvalue weighted by Crippen LogP contribution is 2.23. The molecular weight excluding hydrogens is 558 g/mol. The van der Waals surface area contributed by atoms with Gasteiger partial charge in [0.15, 0.2) is 0 Å². The second-order valence-corrected chi connectivity index (χ2v) is 11.7. The first-order chi connectivity index (χ1) is 22.2. The molecule has 0 spiro atoms. The highest BCUT2D eigenvalue weighted by Gasteiger charge is 2.13. The minimum absolute atomic E-state index is 0.168. The van der Waals surface area contributed by atoms with E-state index in [1.165, 1.54) is 33.2 Å². The van der Waals surface area contributed by atoms with Crippen LogP contribution >= 0.6 is 0 Å². The number of aliphatic hydroxyl groups excluding tert-OH is 1. The van der Waals surface area contributed by atoms with Gasteiger partial charge >= 0.3 is 0 Å². The summed E-state index contributed by atoms with van der Waals surface area (Å²) in [5.74, 6) is 0. The molecule has 3 heterocycles. The van der Waals surface area contributed by atoms with E-state index in [1.807, 2.05) is 36.7 Å². The van der Waals surface area contributed by atoms with Crippen LogP contribution in [-0.4, -0.2) is 63.8 Å². The Morgan fingerprint density at radius 1 is 0.778 bits per heavy atom. The van der Waals surface area contributed by atoms with E-state index >= 15 is 0 Å². The number of aromatic amines is 1. The average Bonchev–Trinajstić information content (AvgIpc) is 3.49. The molecule has 0 fully saturated rings. The quantitative estimate of drug-likeness (QED) is 0.0868. The van der Waals surface area contributed by atoms with E-state index in [0.717, 1.165) is 70.2 Å². The van der Waals surface area contributed by atoms with Crippen LogP contribution in [0.2, 0.25) is 0 Å². The summed E-state index contributed by atoms with van der Waals surface area (Å²) in [6.07, 6.45) is 7.39. The molecule has 1 unspecified atom stereocenters. The molecule has 0 bridgehead atoms. The predicted molar refractivity (Wildman–Crippen MR) is 183 cm³/mol. The SMILES string of the molecule is Cc1cccc2c(CC(CCO)NCc3ccc(CN(CCNCc4ccccn4)CCNCc4ccccn4)cc3)c[nH]c12. The second-order valence-electron chi connectivity index (χ2n) is 11.7. The highest BCUT2D eigenvalue weighted by atomic mass is 16.3. The van der Waals surface area contributed by atoms with Gasteiger partial charge in [-0.15, -0.1) is 0 Å². The summed E-state index contributed by atoms with van der Waals surface area (Å²) < 4.78 is 0. The summed E-state index contributed by atoms with van der Waals surface area (Å²) in [7, 11) is 0. The Bertz CT molecular complexity index is 1490. The summed E-state index contributed by atoms with van der Waals surface area (Å²) in [6, 6.07) is 27.6. The van der Waals surface area contributed by atoms with Gasteiger partial charge in [-0.05, 0) is 66.3 Å².